The van der Waals surface area contributed by atoms with Crippen LogP contribution in [0.4, 0.5) is 13.2 Å². The molecule has 1 rings (SSSR count). The van der Waals surface area contributed by atoms with Gasteiger partial charge in [0, 0.05) is 0 Å². The Bertz CT molecular complexity index is 412. The molecule has 0 aliphatic rings. The summed E-state index contributed by atoms with van der Waals surface area (Å²) in [5.41, 5.74) is 1.17. The number of alkyl halides is 3. The van der Waals surface area contributed by atoms with E-state index < -0.39 is 11.7 Å². The Kier molecular flexibility index (Phi) is 5.00. The minimum Gasteiger partial charge on any atom is -0.166 e. The van der Waals surface area contributed by atoms with Gasteiger partial charge in [-0.15, -0.1) is 0 Å². The fourth-order valence-corrected chi connectivity index (χ4v) is 2.12. The second-order valence-electron chi connectivity index (χ2n) is 4.52. The number of allylic oxidation sites excluding steroid dienone is 1. The molecule has 100 valence electrons. The van der Waals surface area contributed by atoms with E-state index in [4.69, 9.17) is 0 Å². The average molecular weight is 256 g/mol. The number of halogens is 3. The van der Waals surface area contributed by atoms with Gasteiger partial charge in [-0.2, -0.15) is 13.2 Å². The van der Waals surface area contributed by atoms with Crippen LogP contribution in [0.1, 0.15) is 44.7 Å². The number of benzene rings is 1. The summed E-state index contributed by atoms with van der Waals surface area (Å²) in [6.07, 6.45) is -0.394. The van der Waals surface area contributed by atoms with Gasteiger partial charge in [0.05, 0.1) is 5.56 Å². The maximum atomic E-state index is 12.6. The molecule has 0 bridgehead atoms. The second kappa shape index (κ2) is 6.07. The van der Waals surface area contributed by atoms with E-state index in [0.29, 0.717) is 11.5 Å². The zero-order valence-corrected chi connectivity index (χ0v) is 11.0. The van der Waals surface area contributed by atoms with E-state index in [1.165, 1.54) is 12.1 Å². The third-order valence-corrected chi connectivity index (χ3v) is 3.24. The van der Waals surface area contributed by atoms with E-state index in [1.54, 1.807) is 6.07 Å². The fourth-order valence-electron chi connectivity index (χ4n) is 2.12. The molecule has 0 atom stereocenters. The molecule has 1 aromatic carbocycles. The molecule has 0 aromatic heterocycles. The maximum absolute atomic E-state index is 12.6. The molecule has 1 aromatic rings. The molecular weight excluding hydrogens is 237 g/mol. The van der Waals surface area contributed by atoms with E-state index in [-0.39, 0.29) is 0 Å². The summed E-state index contributed by atoms with van der Waals surface area (Å²) in [5.74, 6) is 0.444. The van der Waals surface area contributed by atoms with Crippen molar-refractivity contribution in [3.05, 3.63) is 41.0 Å². The number of hydrogen-bond donors (Lipinski definition) is 0. The Morgan fingerprint density at radius 1 is 1.22 bits per heavy atom. The molecule has 0 heterocycles. The molecule has 0 aliphatic carbocycles. The van der Waals surface area contributed by atoms with Gasteiger partial charge in [-0.25, -0.2) is 0 Å². The van der Waals surface area contributed by atoms with Crippen LogP contribution in [0.15, 0.2) is 29.8 Å². The SMILES string of the molecule is CCC(CC)C(C)=Cc1cccc(C(F)(F)F)c1. The zero-order chi connectivity index (χ0) is 13.8. The van der Waals surface area contributed by atoms with Crippen molar-refractivity contribution in [2.45, 2.75) is 39.8 Å². The molecule has 0 fully saturated rings. The summed E-state index contributed by atoms with van der Waals surface area (Å²) < 4.78 is 37.7. The summed E-state index contributed by atoms with van der Waals surface area (Å²) in [6.45, 7) is 6.17. The first-order chi connectivity index (χ1) is 8.38. The van der Waals surface area contributed by atoms with Crippen LogP contribution in [-0.4, -0.2) is 0 Å². The molecule has 3 heteroatoms. The van der Waals surface area contributed by atoms with Crippen LogP contribution in [0.2, 0.25) is 0 Å². The summed E-state index contributed by atoms with van der Waals surface area (Å²) in [4.78, 5) is 0. The molecule has 0 N–H and O–H groups in total. The zero-order valence-electron chi connectivity index (χ0n) is 11.0. The Balaban J connectivity index is 3.01. The average Bonchev–Trinajstić information content (AvgIpc) is 2.29. The molecule has 0 saturated heterocycles. The molecule has 0 aliphatic heterocycles. The van der Waals surface area contributed by atoms with Gasteiger partial charge in [-0.05, 0) is 43.4 Å². The first kappa shape index (κ1) is 14.8. The van der Waals surface area contributed by atoms with Crippen molar-refractivity contribution >= 4 is 6.08 Å². The van der Waals surface area contributed by atoms with Crippen LogP contribution >= 0.6 is 0 Å². The Morgan fingerprint density at radius 3 is 2.33 bits per heavy atom. The van der Waals surface area contributed by atoms with E-state index in [2.05, 4.69) is 13.8 Å². The number of rotatable bonds is 4. The highest BCUT2D eigenvalue weighted by Gasteiger charge is 2.30. The van der Waals surface area contributed by atoms with Crippen LogP contribution in [0.5, 0.6) is 0 Å². The largest absolute Gasteiger partial charge is 0.416 e. The van der Waals surface area contributed by atoms with Gasteiger partial charge in [-0.3, -0.25) is 0 Å². The van der Waals surface area contributed by atoms with E-state index in [9.17, 15) is 13.2 Å². The minimum atomic E-state index is -4.27. The highest BCUT2D eigenvalue weighted by atomic mass is 19.4. The van der Waals surface area contributed by atoms with Gasteiger partial charge >= 0.3 is 6.18 Å². The van der Waals surface area contributed by atoms with Crippen molar-refractivity contribution in [1.82, 2.24) is 0 Å². The fraction of sp³-hybridized carbons (Fsp3) is 0.467. The lowest BCUT2D eigenvalue weighted by Crippen LogP contribution is -2.04. The maximum Gasteiger partial charge on any atom is 0.416 e. The van der Waals surface area contributed by atoms with E-state index in [0.717, 1.165) is 24.5 Å². The third-order valence-electron chi connectivity index (χ3n) is 3.24. The van der Waals surface area contributed by atoms with Crippen molar-refractivity contribution in [3.8, 4) is 0 Å². The highest BCUT2D eigenvalue weighted by molar-refractivity contribution is 5.54. The Hall–Kier alpha value is -1.25. The quantitative estimate of drug-likeness (QED) is 0.663. The Labute approximate surface area is 107 Å². The van der Waals surface area contributed by atoms with Crippen molar-refractivity contribution in [2.24, 2.45) is 5.92 Å². The monoisotopic (exact) mass is 256 g/mol. The third kappa shape index (κ3) is 3.90. The molecule has 0 amide bonds. The summed E-state index contributed by atoms with van der Waals surface area (Å²) >= 11 is 0. The summed E-state index contributed by atoms with van der Waals surface area (Å²) in [5, 5.41) is 0. The van der Waals surface area contributed by atoms with Crippen molar-refractivity contribution in [3.63, 3.8) is 0 Å². The van der Waals surface area contributed by atoms with Crippen LogP contribution in [-0.2, 0) is 6.18 Å². The molecular formula is C15H19F3. The molecule has 0 nitrogen and oxygen atoms in total. The first-order valence-corrected chi connectivity index (χ1v) is 6.24. The lowest BCUT2D eigenvalue weighted by molar-refractivity contribution is -0.137. The van der Waals surface area contributed by atoms with Gasteiger partial charge in [0.2, 0.25) is 0 Å². The summed E-state index contributed by atoms with van der Waals surface area (Å²) in [7, 11) is 0. The molecule has 0 unspecified atom stereocenters. The second-order valence-corrected chi connectivity index (χ2v) is 4.52. The lowest BCUT2D eigenvalue weighted by atomic mass is 9.93. The van der Waals surface area contributed by atoms with Crippen molar-refractivity contribution in [2.75, 3.05) is 0 Å². The Morgan fingerprint density at radius 2 is 1.83 bits per heavy atom. The molecule has 0 spiro atoms. The lowest BCUT2D eigenvalue weighted by Gasteiger charge is -2.13. The van der Waals surface area contributed by atoms with Gasteiger partial charge < -0.3 is 0 Å². The van der Waals surface area contributed by atoms with E-state index >= 15 is 0 Å². The summed E-state index contributed by atoms with van der Waals surface area (Å²) in [6, 6.07) is 5.46. The van der Waals surface area contributed by atoms with Crippen molar-refractivity contribution < 1.29 is 13.2 Å². The molecule has 18 heavy (non-hydrogen) atoms. The van der Waals surface area contributed by atoms with Gasteiger partial charge in [0.1, 0.15) is 0 Å². The standard InChI is InChI=1S/C15H19F3/c1-4-13(5-2)11(3)9-12-7-6-8-14(10-12)15(16,17)18/h6-10,13H,4-5H2,1-3H3. The van der Waals surface area contributed by atoms with Crippen LogP contribution in [0.25, 0.3) is 6.08 Å². The molecule has 0 radical (unpaired) electrons. The smallest absolute Gasteiger partial charge is 0.166 e. The topological polar surface area (TPSA) is 0 Å². The van der Waals surface area contributed by atoms with Crippen LogP contribution < -0.4 is 0 Å². The van der Waals surface area contributed by atoms with Crippen LogP contribution in [0, 0.1) is 5.92 Å². The van der Waals surface area contributed by atoms with Crippen molar-refractivity contribution in [1.29, 1.82) is 0 Å². The highest BCUT2D eigenvalue weighted by Crippen LogP contribution is 2.30. The van der Waals surface area contributed by atoms with Crippen LogP contribution in [0.3, 0.4) is 0 Å². The molecule has 0 saturated carbocycles. The van der Waals surface area contributed by atoms with Gasteiger partial charge in [-0.1, -0.05) is 37.6 Å². The first-order valence-electron chi connectivity index (χ1n) is 6.24. The predicted octanol–water partition coefficient (Wildman–Crippen LogP) is 5.54. The minimum absolute atomic E-state index is 0.444. The van der Waals surface area contributed by atoms with Gasteiger partial charge in [0.15, 0.2) is 0 Å². The predicted molar refractivity (Wildman–Crippen MR) is 69.2 cm³/mol. The van der Waals surface area contributed by atoms with E-state index in [1.807, 2.05) is 13.0 Å². The number of hydrogen-bond acceptors (Lipinski definition) is 0. The normalized spacial score (nSPS) is 13.2. The van der Waals surface area contributed by atoms with Gasteiger partial charge in [0.25, 0.3) is 0 Å².